The van der Waals surface area contributed by atoms with Gasteiger partial charge in [0.05, 0.1) is 0 Å². The summed E-state index contributed by atoms with van der Waals surface area (Å²) in [5.41, 5.74) is 0.551. The summed E-state index contributed by atoms with van der Waals surface area (Å²) < 4.78 is 5.00. The van der Waals surface area contributed by atoms with Gasteiger partial charge in [-0.15, -0.1) is 11.6 Å². The second-order valence-electron chi connectivity index (χ2n) is 2.95. The standard InChI is InChI=1S/C11H11ClO3/c12-7-1-2-11(14)15-10-5-3-9(8-13)4-6-10/h3-6,8H,1-2,7H2. The highest BCUT2D eigenvalue weighted by Gasteiger charge is 2.03. The third-order valence-electron chi connectivity index (χ3n) is 1.76. The van der Waals surface area contributed by atoms with Gasteiger partial charge in [-0.2, -0.15) is 0 Å². The van der Waals surface area contributed by atoms with Gasteiger partial charge in [0, 0.05) is 17.9 Å². The van der Waals surface area contributed by atoms with Crippen LogP contribution in [-0.2, 0) is 4.79 Å². The van der Waals surface area contributed by atoms with Gasteiger partial charge >= 0.3 is 5.97 Å². The van der Waals surface area contributed by atoms with Gasteiger partial charge in [-0.1, -0.05) is 0 Å². The van der Waals surface area contributed by atoms with Gasteiger partial charge in [-0.05, 0) is 30.7 Å². The Labute approximate surface area is 93.0 Å². The normalized spacial score (nSPS) is 9.67. The Hall–Kier alpha value is -1.35. The van der Waals surface area contributed by atoms with Crippen molar-refractivity contribution >= 4 is 23.9 Å². The van der Waals surface area contributed by atoms with Crippen LogP contribution in [0.3, 0.4) is 0 Å². The van der Waals surface area contributed by atoms with E-state index < -0.39 is 0 Å². The lowest BCUT2D eigenvalue weighted by atomic mass is 10.2. The first-order valence-electron chi connectivity index (χ1n) is 4.58. The second kappa shape index (κ2) is 6.19. The molecule has 0 radical (unpaired) electrons. The molecule has 1 aromatic rings. The Morgan fingerprint density at radius 2 is 2.00 bits per heavy atom. The van der Waals surface area contributed by atoms with Crippen molar-refractivity contribution in [1.29, 1.82) is 0 Å². The number of alkyl halides is 1. The average Bonchev–Trinajstić information content (AvgIpc) is 2.27. The summed E-state index contributed by atoms with van der Waals surface area (Å²) in [4.78, 5) is 21.5. The zero-order valence-corrected chi connectivity index (χ0v) is 8.87. The molecule has 0 saturated heterocycles. The molecular formula is C11H11ClO3. The van der Waals surface area contributed by atoms with E-state index in [0.717, 1.165) is 6.29 Å². The first-order chi connectivity index (χ1) is 7.26. The highest BCUT2D eigenvalue weighted by molar-refractivity contribution is 6.17. The maximum Gasteiger partial charge on any atom is 0.311 e. The van der Waals surface area contributed by atoms with Crippen molar-refractivity contribution < 1.29 is 14.3 Å². The maximum absolute atomic E-state index is 11.2. The van der Waals surface area contributed by atoms with E-state index in [4.69, 9.17) is 16.3 Å². The fourth-order valence-electron chi connectivity index (χ4n) is 1.01. The molecule has 0 amide bonds. The quantitative estimate of drug-likeness (QED) is 0.335. The first kappa shape index (κ1) is 11.7. The molecule has 1 rings (SSSR count). The largest absolute Gasteiger partial charge is 0.427 e. The minimum Gasteiger partial charge on any atom is -0.427 e. The monoisotopic (exact) mass is 226 g/mol. The summed E-state index contributed by atoms with van der Waals surface area (Å²) in [6.07, 6.45) is 1.64. The van der Waals surface area contributed by atoms with E-state index in [-0.39, 0.29) is 5.97 Å². The number of rotatable bonds is 5. The van der Waals surface area contributed by atoms with E-state index in [1.807, 2.05) is 0 Å². The number of halogens is 1. The van der Waals surface area contributed by atoms with Crippen molar-refractivity contribution in [2.24, 2.45) is 0 Å². The number of aldehydes is 1. The van der Waals surface area contributed by atoms with Crippen LogP contribution in [0.4, 0.5) is 0 Å². The predicted molar refractivity (Wildman–Crippen MR) is 57.4 cm³/mol. The molecule has 0 fully saturated rings. The molecule has 80 valence electrons. The fraction of sp³-hybridized carbons (Fsp3) is 0.273. The molecule has 0 spiro atoms. The molecule has 1 aromatic carbocycles. The van der Waals surface area contributed by atoms with Crippen LogP contribution in [0.1, 0.15) is 23.2 Å². The van der Waals surface area contributed by atoms with Gasteiger partial charge in [0.25, 0.3) is 0 Å². The summed E-state index contributed by atoms with van der Waals surface area (Å²) in [6.45, 7) is 0. The number of hydrogen-bond acceptors (Lipinski definition) is 3. The van der Waals surface area contributed by atoms with Crippen molar-refractivity contribution in [1.82, 2.24) is 0 Å². The lowest BCUT2D eigenvalue weighted by molar-refractivity contribution is -0.134. The molecule has 0 N–H and O–H groups in total. The molecule has 0 atom stereocenters. The smallest absolute Gasteiger partial charge is 0.311 e. The third kappa shape index (κ3) is 4.13. The van der Waals surface area contributed by atoms with Crippen LogP contribution < -0.4 is 4.74 Å². The first-order valence-corrected chi connectivity index (χ1v) is 5.11. The van der Waals surface area contributed by atoms with Crippen LogP contribution in [0, 0.1) is 0 Å². The van der Waals surface area contributed by atoms with Gasteiger partial charge in [-0.3, -0.25) is 9.59 Å². The highest BCUT2D eigenvalue weighted by Crippen LogP contribution is 2.12. The average molecular weight is 227 g/mol. The summed E-state index contributed by atoms with van der Waals surface area (Å²) in [5.74, 6) is 0.578. The van der Waals surface area contributed by atoms with Crippen molar-refractivity contribution in [2.75, 3.05) is 5.88 Å². The topological polar surface area (TPSA) is 43.4 Å². The molecule has 15 heavy (non-hydrogen) atoms. The van der Waals surface area contributed by atoms with Crippen molar-refractivity contribution in [2.45, 2.75) is 12.8 Å². The number of ether oxygens (including phenoxy) is 1. The third-order valence-corrected chi connectivity index (χ3v) is 2.03. The molecule has 0 unspecified atom stereocenters. The zero-order chi connectivity index (χ0) is 11.1. The van der Waals surface area contributed by atoms with E-state index in [2.05, 4.69) is 0 Å². The van der Waals surface area contributed by atoms with Crippen molar-refractivity contribution in [3.8, 4) is 5.75 Å². The van der Waals surface area contributed by atoms with Crippen LogP contribution in [0.25, 0.3) is 0 Å². The maximum atomic E-state index is 11.2. The summed E-state index contributed by atoms with van der Waals surface area (Å²) in [6, 6.07) is 6.36. The number of esters is 1. The van der Waals surface area contributed by atoms with Crippen molar-refractivity contribution in [3.05, 3.63) is 29.8 Å². The lowest BCUT2D eigenvalue weighted by Gasteiger charge is -2.02. The second-order valence-corrected chi connectivity index (χ2v) is 3.33. The lowest BCUT2D eigenvalue weighted by Crippen LogP contribution is -2.07. The Bertz CT molecular complexity index is 332. The molecule has 0 bridgehead atoms. The Balaban J connectivity index is 2.49. The number of benzene rings is 1. The van der Waals surface area contributed by atoms with E-state index in [9.17, 15) is 9.59 Å². The molecule has 3 nitrogen and oxygen atoms in total. The van der Waals surface area contributed by atoms with Gasteiger partial charge in [-0.25, -0.2) is 0 Å². The Morgan fingerprint density at radius 3 is 2.53 bits per heavy atom. The molecular weight excluding hydrogens is 216 g/mol. The molecule has 0 aliphatic heterocycles. The van der Waals surface area contributed by atoms with Gasteiger partial charge in [0.2, 0.25) is 0 Å². The fourth-order valence-corrected chi connectivity index (χ4v) is 1.14. The number of carbonyl (C=O) groups is 2. The summed E-state index contributed by atoms with van der Waals surface area (Å²) in [7, 11) is 0. The van der Waals surface area contributed by atoms with Crippen LogP contribution in [0.15, 0.2) is 24.3 Å². The van der Waals surface area contributed by atoms with Gasteiger partial charge < -0.3 is 4.74 Å². The Kier molecular flexibility index (Phi) is 4.84. The number of hydrogen-bond donors (Lipinski definition) is 0. The minimum absolute atomic E-state index is 0.304. The van der Waals surface area contributed by atoms with E-state index >= 15 is 0 Å². The van der Waals surface area contributed by atoms with Gasteiger partial charge in [0.15, 0.2) is 0 Å². The van der Waals surface area contributed by atoms with Crippen molar-refractivity contribution in [3.63, 3.8) is 0 Å². The highest BCUT2D eigenvalue weighted by atomic mass is 35.5. The van der Waals surface area contributed by atoms with Gasteiger partial charge in [0.1, 0.15) is 12.0 Å². The predicted octanol–water partition coefficient (Wildman–Crippen LogP) is 2.42. The SMILES string of the molecule is O=Cc1ccc(OC(=O)CCCCl)cc1. The van der Waals surface area contributed by atoms with Crippen LogP contribution in [-0.4, -0.2) is 18.1 Å². The van der Waals surface area contributed by atoms with E-state index in [1.165, 1.54) is 0 Å². The summed E-state index contributed by atoms with van der Waals surface area (Å²) in [5, 5.41) is 0. The van der Waals surface area contributed by atoms with E-state index in [1.54, 1.807) is 24.3 Å². The van der Waals surface area contributed by atoms with Crippen LogP contribution in [0.5, 0.6) is 5.75 Å². The molecule has 0 aliphatic rings. The zero-order valence-electron chi connectivity index (χ0n) is 8.11. The molecule has 0 heterocycles. The minimum atomic E-state index is -0.311. The molecule has 4 heteroatoms. The molecule has 0 saturated carbocycles. The number of carbonyl (C=O) groups excluding carboxylic acids is 2. The van der Waals surface area contributed by atoms with Crippen LogP contribution in [0.2, 0.25) is 0 Å². The molecule has 0 aliphatic carbocycles. The van der Waals surface area contributed by atoms with Crippen LogP contribution >= 0.6 is 11.6 Å². The van der Waals surface area contributed by atoms with E-state index in [0.29, 0.717) is 30.0 Å². The Morgan fingerprint density at radius 1 is 1.33 bits per heavy atom. The summed E-state index contributed by atoms with van der Waals surface area (Å²) >= 11 is 5.44. The molecule has 0 aromatic heterocycles.